The average molecular weight is 539 g/mol. The van der Waals surface area contributed by atoms with Gasteiger partial charge in [0.05, 0.1) is 16.9 Å². The molecular weight excluding hydrogens is 512 g/mol. The van der Waals surface area contributed by atoms with Gasteiger partial charge >= 0.3 is 5.97 Å². The molecule has 1 aliphatic heterocycles. The first-order chi connectivity index (χ1) is 18.1. The van der Waals surface area contributed by atoms with E-state index < -0.39 is 34.1 Å². The lowest BCUT2D eigenvalue weighted by Crippen LogP contribution is -2.43. The summed E-state index contributed by atoms with van der Waals surface area (Å²) in [6, 6.07) is 15.4. The number of rotatable bonds is 9. The second-order valence-electron chi connectivity index (χ2n) is 9.35. The Morgan fingerprint density at radius 2 is 1.71 bits per heavy atom. The maximum absolute atomic E-state index is 13.3. The number of fused-ring (bicyclic) bond motifs is 1. The number of amides is 1. The smallest absolute Gasteiger partial charge is 0.324 e. The van der Waals surface area contributed by atoms with Crippen LogP contribution in [0.25, 0.3) is 11.1 Å². The quantitative estimate of drug-likeness (QED) is 0.325. The van der Waals surface area contributed by atoms with Crippen LogP contribution in [0.5, 0.6) is 11.5 Å². The molecule has 3 aromatic carbocycles. The van der Waals surface area contributed by atoms with Gasteiger partial charge < -0.3 is 25.0 Å². The van der Waals surface area contributed by atoms with E-state index in [9.17, 15) is 18.0 Å². The van der Waals surface area contributed by atoms with Crippen molar-refractivity contribution >= 4 is 27.6 Å². The van der Waals surface area contributed by atoms with Crippen molar-refractivity contribution in [2.24, 2.45) is 0 Å². The number of sulfonamides is 1. The minimum absolute atomic E-state index is 0.115. The highest BCUT2D eigenvalue weighted by Crippen LogP contribution is 2.51. The molecule has 0 spiro atoms. The Labute approximate surface area is 219 Å². The number of carboxylic acid groups (broad SMARTS) is 1. The predicted molar refractivity (Wildman–Crippen MR) is 138 cm³/mol. The zero-order valence-electron chi connectivity index (χ0n) is 20.4. The van der Waals surface area contributed by atoms with Crippen LogP contribution in [0.1, 0.15) is 24.0 Å². The molecule has 0 unspecified atom stereocenters. The van der Waals surface area contributed by atoms with E-state index in [4.69, 9.17) is 19.7 Å². The summed E-state index contributed by atoms with van der Waals surface area (Å²) >= 11 is 0. The fourth-order valence-corrected chi connectivity index (χ4v) is 5.64. The molecule has 11 heteroatoms. The van der Waals surface area contributed by atoms with Crippen LogP contribution in [0.2, 0.25) is 0 Å². The summed E-state index contributed by atoms with van der Waals surface area (Å²) < 4.78 is 37.9. The molecule has 5 rings (SSSR count). The van der Waals surface area contributed by atoms with Crippen molar-refractivity contribution in [3.8, 4) is 22.6 Å². The number of aryl methyl sites for hydroxylation is 1. The Bertz CT molecular complexity index is 1510. The molecule has 1 atom stereocenters. The Morgan fingerprint density at radius 3 is 2.37 bits per heavy atom. The number of ether oxygens (including phenoxy) is 2. The van der Waals surface area contributed by atoms with Crippen molar-refractivity contribution in [2.45, 2.75) is 36.1 Å². The zero-order valence-corrected chi connectivity index (χ0v) is 21.2. The summed E-state index contributed by atoms with van der Waals surface area (Å²) in [4.78, 5) is 24.3. The summed E-state index contributed by atoms with van der Waals surface area (Å²) in [5.74, 6) is -0.295. The van der Waals surface area contributed by atoms with Crippen LogP contribution < -0.4 is 19.5 Å². The first-order valence-corrected chi connectivity index (χ1v) is 13.4. The Balaban J connectivity index is 1.34. The number of carbonyl (C=O) groups is 2. The third kappa shape index (κ3) is 4.83. The molecule has 1 aliphatic carbocycles. The number of hydrogen-bond acceptors (Lipinski definition) is 7. The second-order valence-corrected chi connectivity index (χ2v) is 11.1. The molecule has 0 aromatic heterocycles. The van der Waals surface area contributed by atoms with Crippen LogP contribution in [0.15, 0.2) is 65.6 Å². The van der Waals surface area contributed by atoms with Crippen LogP contribution in [0, 0.1) is 6.92 Å². The highest BCUT2D eigenvalue weighted by Gasteiger charge is 2.51. The van der Waals surface area contributed by atoms with E-state index in [1.165, 1.54) is 12.1 Å². The van der Waals surface area contributed by atoms with Crippen LogP contribution in [-0.2, 0) is 25.0 Å². The minimum Gasteiger partial charge on any atom is -0.480 e. The standard InChI is InChI=1S/C27H26N2O8S/c1-16-2-6-19(28-26(33)27(10-11-27)18-5-9-23-24(12-18)37-15-36-23)13-21(16)17-3-7-20(8-4-17)38(34,35)29-22(14-30)25(31)32/h2-9,12-13,22,29-30H,10-11,14-15H2,1H3,(H,28,33)(H,31,32)/t22-/m0/s1. The summed E-state index contributed by atoms with van der Waals surface area (Å²) in [7, 11) is -4.15. The molecule has 0 saturated heterocycles. The van der Waals surface area contributed by atoms with Gasteiger partial charge in [0.1, 0.15) is 6.04 Å². The third-order valence-electron chi connectivity index (χ3n) is 6.86. The van der Waals surface area contributed by atoms with Gasteiger partial charge in [0.25, 0.3) is 0 Å². The van der Waals surface area contributed by atoms with E-state index in [0.29, 0.717) is 22.7 Å². The fraction of sp³-hybridized carbons (Fsp3) is 0.259. The summed E-state index contributed by atoms with van der Waals surface area (Å²) in [6.07, 6.45) is 1.44. The summed E-state index contributed by atoms with van der Waals surface area (Å²) in [6.45, 7) is 1.19. The van der Waals surface area contributed by atoms with Crippen molar-refractivity contribution in [3.63, 3.8) is 0 Å². The van der Waals surface area contributed by atoms with Crippen LogP contribution >= 0.6 is 0 Å². The highest BCUT2D eigenvalue weighted by atomic mass is 32.2. The van der Waals surface area contributed by atoms with E-state index >= 15 is 0 Å². The average Bonchev–Trinajstić information content (AvgIpc) is 3.59. The van der Waals surface area contributed by atoms with Crippen LogP contribution in [-0.4, -0.2) is 49.9 Å². The van der Waals surface area contributed by atoms with Gasteiger partial charge in [-0.15, -0.1) is 0 Å². The van der Waals surface area contributed by atoms with Gasteiger partial charge in [0.15, 0.2) is 11.5 Å². The van der Waals surface area contributed by atoms with E-state index in [0.717, 1.165) is 29.5 Å². The predicted octanol–water partition coefficient (Wildman–Crippen LogP) is 2.78. The zero-order chi connectivity index (χ0) is 27.1. The van der Waals surface area contributed by atoms with Crippen molar-refractivity contribution in [1.29, 1.82) is 0 Å². The largest absolute Gasteiger partial charge is 0.480 e. The second kappa shape index (κ2) is 9.75. The molecule has 198 valence electrons. The first-order valence-electron chi connectivity index (χ1n) is 11.9. The number of nitrogens with one attached hydrogen (secondary N) is 2. The maximum Gasteiger partial charge on any atom is 0.324 e. The Kier molecular flexibility index (Phi) is 6.59. The third-order valence-corrected chi connectivity index (χ3v) is 8.35. The number of anilines is 1. The number of carbonyl (C=O) groups excluding carboxylic acids is 1. The van der Waals surface area contributed by atoms with E-state index in [1.54, 1.807) is 12.1 Å². The van der Waals surface area contributed by atoms with E-state index in [1.807, 2.05) is 48.0 Å². The van der Waals surface area contributed by atoms with Crippen molar-refractivity contribution < 1.29 is 37.7 Å². The number of aliphatic carboxylic acids is 1. The number of hydrogen-bond donors (Lipinski definition) is 4. The molecule has 1 heterocycles. The van der Waals surface area contributed by atoms with E-state index in [-0.39, 0.29) is 17.6 Å². The van der Waals surface area contributed by atoms with E-state index in [2.05, 4.69) is 5.32 Å². The monoisotopic (exact) mass is 538 g/mol. The molecule has 0 radical (unpaired) electrons. The Morgan fingerprint density at radius 1 is 1.00 bits per heavy atom. The molecule has 2 aliphatic rings. The fourth-order valence-electron chi connectivity index (χ4n) is 4.46. The van der Waals surface area contributed by atoms with Crippen molar-refractivity contribution in [2.75, 3.05) is 18.7 Å². The van der Waals surface area contributed by atoms with Gasteiger partial charge in [-0.2, -0.15) is 4.72 Å². The molecule has 10 nitrogen and oxygen atoms in total. The number of aliphatic hydroxyl groups is 1. The lowest BCUT2D eigenvalue weighted by molar-refractivity contribution is -0.139. The van der Waals surface area contributed by atoms with Gasteiger partial charge in [-0.05, 0) is 78.4 Å². The van der Waals surface area contributed by atoms with Crippen LogP contribution in [0.4, 0.5) is 5.69 Å². The first kappa shape index (κ1) is 25.7. The normalized spacial score (nSPS) is 16.1. The molecule has 3 aromatic rings. The number of aliphatic hydroxyl groups excluding tert-OH is 1. The molecule has 1 amide bonds. The molecule has 38 heavy (non-hydrogen) atoms. The highest BCUT2D eigenvalue weighted by molar-refractivity contribution is 7.89. The van der Waals surface area contributed by atoms with Gasteiger partial charge in [-0.25, -0.2) is 8.42 Å². The minimum atomic E-state index is -4.15. The van der Waals surface area contributed by atoms with Gasteiger partial charge in [0.2, 0.25) is 22.7 Å². The van der Waals surface area contributed by atoms with Gasteiger partial charge in [0, 0.05) is 5.69 Å². The molecule has 1 fully saturated rings. The van der Waals surface area contributed by atoms with Crippen molar-refractivity contribution in [1.82, 2.24) is 4.72 Å². The Hall–Kier alpha value is -3.93. The SMILES string of the molecule is Cc1ccc(NC(=O)C2(c3ccc4c(c3)OCO4)CC2)cc1-c1ccc(S(=O)(=O)N[C@@H](CO)C(=O)O)cc1. The van der Waals surface area contributed by atoms with Crippen LogP contribution in [0.3, 0.4) is 0 Å². The molecule has 0 bridgehead atoms. The molecule has 1 saturated carbocycles. The topological polar surface area (TPSA) is 151 Å². The maximum atomic E-state index is 13.3. The molecular formula is C27H26N2O8S. The van der Waals surface area contributed by atoms with Crippen molar-refractivity contribution in [3.05, 3.63) is 71.8 Å². The number of carboxylic acids is 1. The lowest BCUT2D eigenvalue weighted by atomic mass is 9.94. The summed E-state index contributed by atoms with van der Waals surface area (Å²) in [5, 5.41) is 21.2. The van der Waals surface area contributed by atoms with Gasteiger partial charge in [-0.3, -0.25) is 9.59 Å². The number of benzene rings is 3. The lowest BCUT2D eigenvalue weighted by Gasteiger charge is -2.17. The summed E-state index contributed by atoms with van der Waals surface area (Å²) in [5.41, 5.74) is 3.28. The molecule has 4 N–H and O–H groups in total. The van der Waals surface area contributed by atoms with Gasteiger partial charge in [-0.1, -0.05) is 24.3 Å².